The molecule has 0 saturated carbocycles. The van der Waals surface area contributed by atoms with Crippen molar-refractivity contribution in [2.75, 3.05) is 12.4 Å². The Hall–Kier alpha value is -2.31. The van der Waals surface area contributed by atoms with Gasteiger partial charge in [0.15, 0.2) is 5.82 Å². The van der Waals surface area contributed by atoms with Crippen LogP contribution in [0.25, 0.3) is 0 Å². The van der Waals surface area contributed by atoms with Gasteiger partial charge in [0.1, 0.15) is 0 Å². The van der Waals surface area contributed by atoms with Crippen LogP contribution in [-0.2, 0) is 6.54 Å². The average Bonchev–Trinajstić information content (AvgIpc) is 2.82. The van der Waals surface area contributed by atoms with Gasteiger partial charge in [0.2, 0.25) is 5.75 Å². The molecule has 0 aliphatic carbocycles. The van der Waals surface area contributed by atoms with Crippen LogP contribution in [-0.4, -0.2) is 32.7 Å². The molecule has 0 bridgehead atoms. The van der Waals surface area contributed by atoms with Gasteiger partial charge in [-0.25, -0.2) is 9.97 Å². The maximum Gasteiger partial charge on any atom is 0.295 e. The molecule has 2 aromatic rings. The molecule has 0 aliphatic rings. The number of nitrogens with zero attached hydrogens (tertiary/aromatic N) is 3. The third-order valence-corrected chi connectivity index (χ3v) is 2.44. The van der Waals surface area contributed by atoms with Gasteiger partial charge in [0.25, 0.3) is 5.56 Å². The molecule has 2 aromatic heterocycles. The lowest BCUT2D eigenvalue weighted by Gasteiger charge is -2.16. The number of methoxy groups -OCH3 is 1. The first kappa shape index (κ1) is 12.2. The Balaban J connectivity index is 2.09. The van der Waals surface area contributed by atoms with Crippen molar-refractivity contribution in [1.29, 1.82) is 0 Å². The Morgan fingerprint density at radius 2 is 2.44 bits per heavy atom. The number of anilines is 1. The van der Waals surface area contributed by atoms with E-state index in [-0.39, 0.29) is 17.4 Å². The smallest absolute Gasteiger partial charge is 0.295 e. The van der Waals surface area contributed by atoms with Crippen LogP contribution in [0.4, 0.5) is 5.82 Å². The van der Waals surface area contributed by atoms with E-state index in [9.17, 15) is 4.79 Å². The summed E-state index contributed by atoms with van der Waals surface area (Å²) in [6, 6.07) is 0.0856. The van der Waals surface area contributed by atoms with Crippen LogP contribution in [0, 0.1) is 0 Å². The van der Waals surface area contributed by atoms with E-state index in [1.54, 1.807) is 12.5 Å². The summed E-state index contributed by atoms with van der Waals surface area (Å²) < 4.78 is 6.97. The summed E-state index contributed by atoms with van der Waals surface area (Å²) in [5, 5.41) is 3.14. The molecule has 18 heavy (non-hydrogen) atoms. The number of aromatic amines is 1. The first-order valence-electron chi connectivity index (χ1n) is 5.54. The fourth-order valence-corrected chi connectivity index (χ4v) is 1.67. The molecule has 0 saturated heterocycles. The zero-order chi connectivity index (χ0) is 13.0. The molecule has 96 valence electrons. The predicted octanol–water partition coefficient (Wildman–Crippen LogP) is 0.476. The molecule has 1 unspecified atom stereocenters. The first-order chi connectivity index (χ1) is 8.70. The van der Waals surface area contributed by atoms with E-state index < -0.39 is 0 Å². The molecule has 0 spiro atoms. The van der Waals surface area contributed by atoms with Crippen molar-refractivity contribution in [3.8, 4) is 5.75 Å². The lowest BCUT2D eigenvalue weighted by atomic mass is 10.3. The summed E-state index contributed by atoms with van der Waals surface area (Å²) in [6.07, 6.45) is 6.68. The number of aromatic nitrogens is 4. The van der Waals surface area contributed by atoms with Gasteiger partial charge in [-0.1, -0.05) is 0 Å². The summed E-state index contributed by atoms with van der Waals surface area (Å²) in [5.74, 6) is 0.629. The van der Waals surface area contributed by atoms with Crippen LogP contribution >= 0.6 is 0 Å². The number of rotatable bonds is 5. The van der Waals surface area contributed by atoms with E-state index in [1.807, 2.05) is 17.7 Å². The van der Waals surface area contributed by atoms with E-state index in [0.717, 1.165) is 6.54 Å². The molecule has 1 atom stereocenters. The van der Waals surface area contributed by atoms with Gasteiger partial charge >= 0.3 is 0 Å². The highest BCUT2D eigenvalue weighted by atomic mass is 16.5. The molecule has 2 rings (SSSR count). The molecule has 2 heterocycles. The Morgan fingerprint density at radius 1 is 1.61 bits per heavy atom. The van der Waals surface area contributed by atoms with E-state index in [0.29, 0.717) is 5.82 Å². The third kappa shape index (κ3) is 2.68. The molecule has 0 aliphatic heterocycles. The fourth-order valence-electron chi connectivity index (χ4n) is 1.67. The summed E-state index contributed by atoms with van der Waals surface area (Å²) >= 11 is 0. The molecule has 0 radical (unpaired) electrons. The van der Waals surface area contributed by atoms with Gasteiger partial charge < -0.3 is 19.6 Å². The Morgan fingerprint density at radius 3 is 3.11 bits per heavy atom. The lowest BCUT2D eigenvalue weighted by molar-refractivity contribution is 0.407. The zero-order valence-corrected chi connectivity index (χ0v) is 10.3. The summed E-state index contributed by atoms with van der Waals surface area (Å²) in [6.45, 7) is 2.71. The lowest BCUT2D eigenvalue weighted by Crippen LogP contribution is -2.24. The summed E-state index contributed by atoms with van der Waals surface area (Å²) in [4.78, 5) is 22.0. The van der Waals surface area contributed by atoms with E-state index in [2.05, 4.69) is 20.3 Å². The number of hydrogen-bond donors (Lipinski definition) is 2. The van der Waals surface area contributed by atoms with Gasteiger partial charge in [-0.05, 0) is 6.92 Å². The van der Waals surface area contributed by atoms with Crippen molar-refractivity contribution in [2.45, 2.75) is 19.5 Å². The number of ether oxygens (including phenoxy) is 1. The minimum Gasteiger partial charge on any atom is -0.489 e. The van der Waals surface area contributed by atoms with Crippen LogP contribution in [0.5, 0.6) is 5.75 Å². The second kappa shape index (κ2) is 5.35. The second-order valence-electron chi connectivity index (χ2n) is 3.92. The van der Waals surface area contributed by atoms with E-state index >= 15 is 0 Å². The first-order valence-corrected chi connectivity index (χ1v) is 5.54. The van der Waals surface area contributed by atoms with E-state index in [1.165, 1.54) is 13.4 Å². The number of H-pyrrole nitrogens is 1. The van der Waals surface area contributed by atoms with Crippen molar-refractivity contribution in [1.82, 2.24) is 19.5 Å². The van der Waals surface area contributed by atoms with Gasteiger partial charge in [0, 0.05) is 25.0 Å². The molecule has 0 aromatic carbocycles. The van der Waals surface area contributed by atoms with Crippen molar-refractivity contribution < 1.29 is 4.74 Å². The standard InChI is InChI=1S/C11H15N5O2/c1-8(5-16-4-3-12-7-16)15-10-9(18-2)11(17)14-6-13-10/h3-4,6-8H,5H2,1-2H3,(H2,13,14,15,17). The minimum absolute atomic E-state index is 0.0856. The van der Waals surface area contributed by atoms with Gasteiger partial charge in [-0.3, -0.25) is 4.79 Å². The maximum atomic E-state index is 11.5. The van der Waals surface area contributed by atoms with Crippen molar-refractivity contribution in [3.05, 3.63) is 35.4 Å². The van der Waals surface area contributed by atoms with E-state index in [4.69, 9.17) is 4.74 Å². The topological polar surface area (TPSA) is 84.8 Å². The molecule has 7 heteroatoms. The predicted molar refractivity (Wildman–Crippen MR) is 66.7 cm³/mol. The minimum atomic E-state index is -0.301. The Kier molecular flexibility index (Phi) is 3.61. The quantitative estimate of drug-likeness (QED) is 0.805. The number of nitrogens with one attached hydrogen (secondary N) is 2. The van der Waals surface area contributed by atoms with Crippen molar-refractivity contribution in [3.63, 3.8) is 0 Å². The van der Waals surface area contributed by atoms with Crippen LogP contribution in [0.1, 0.15) is 6.92 Å². The molecule has 2 N–H and O–H groups in total. The third-order valence-electron chi connectivity index (χ3n) is 2.44. The largest absolute Gasteiger partial charge is 0.489 e. The highest BCUT2D eigenvalue weighted by Gasteiger charge is 2.11. The molecular formula is C11H15N5O2. The number of hydrogen-bond acceptors (Lipinski definition) is 5. The van der Waals surface area contributed by atoms with Gasteiger partial charge in [-0.15, -0.1) is 0 Å². The van der Waals surface area contributed by atoms with Crippen molar-refractivity contribution in [2.24, 2.45) is 0 Å². The van der Waals surface area contributed by atoms with Crippen LogP contribution in [0.15, 0.2) is 29.8 Å². The summed E-state index contributed by atoms with van der Waals surface area (Å²) in [5.41, 5.74) is -0.301. The van der Waals surface area contributed by atoms with Crippen LogP contribution in [0.2, 0.25) is 0 Å². The second-order valence-corrected chi connectivity index (χ2v) is 3.92. The Labute approximate surface area is 104 Å². The maximum absolute atomic E-state index is 11.5. The van der Waals surface area contributed by atoms with Gasteiger partial charge in [0.05, 0.1) is 19.8 Å². The van der Waals surface area contributed by atoms with Crippen LogP contribution in [0.3, 0.4) is 0 Å². The normalized spacial score (nSPS) is 12.1. The SMILES string of the molecule is COc1c(NC(C)Cn2ccnc2)nc[nH]c1=O. The molecule has 0 fully saturated rings. The fraction of sp³-hybridized carbons (Fsp3) is 0.364. The molecule has 7 nitrogen and oxygen atoms in total. The monoisotopic (exact) mass is 249 g/mol. The zero-order valence-electron chi connectivity index (χ0n) is 10.3. The molecule has 0 amide bonds. The van der Waals surface area contributed by atoms with Gasteiger partial charge in [-0.2, -0.15) is 0 Å². The van der Waals surface area contributed by atoms with Crippen LogP contribution < -0.4 is 15.6 Å². The molecular weight excluding hydrogens is 234 g/mol. The highest BCUT2D eigenvalue weighted by molar-refractivity contribution is 5.48. The van der Waals surface area contributed by atoms with Crippen molar-refractivity contribution >= 4 is 5.82 Å². The number of imidazole rings is 1. The Bertz CT molecular complexity index is 549. The average molecular weight is 249 g/mol. The summed E-state index contributed by atoms with van der Waals surface area (Å²) in [7, 11) is 1.44. The highest BCUT2D eigenvalue weighted by Crippen LogP contribution is 2.15.